The second kappa shape index (κ2) is 7.25. The molecule has 0 radical (unpaired) electrons. The summed E-state index contributed by atoms with van der Waals surface area (Å²) in [5, 5.41) is 8.83. The Kier molecular flexibility index (Phi) is 5.97. The molecule has 1 unspecified atom stereocenters. The van der Waals surface area contributed by atoms with Gasteiger partial charge >= 0.3 is 6.09 Å². The Morgan fingerprint density at radius 2 is 2.05 bits per heavy atom. The van der Waals surface area contributed by atoms with Gasteiger partial charge in [0.05, 0.1) is 6.26 Å². The zero-order chi connectivity index (χ0) is 15.3. The number of nitrogens with two attached hydrogens (primary N) is 1. The molecule has 0 aromatic heterocycles. The minimum Gasteiger partial charge on any atom is -0.616 e. The molecule has 0 aliphatic carbocycles. The maximum absolute atomic E-state index is 11.4. The lowest BCUT2D eigenvalue weighted by atomic mass is 10.1. The van der Waals surface area contributed by atoms with Crippen molar-refractivity contribution in [1.82, 2.24) is 4.90 Å². The van der Waals surface area contributed by atoms with Crippen molar-refractivity contribution >= 4 is 28.6 Å². The van der Waals surface area contributed by atoms with Gasteiger partial charge in [0.25, 0.3) is 0 Å². The summed E-state index contributed by atoms with van der Waals surface area (Å²) in [5.74, 6) is 0.430. The molecule has 3 N–H and O–H groups in total. The first-order valence-electron chi connectivity index (χ1n) is 6.15. The largest absolute Gasteiger partial charge is 0.616 e. The quantitative estimate of drug-likeness (QED) is 0.608. The normalized spacial score (nSPS) is 12.0. The van der Waals surface area contributed by atoms with Crippen LogP contribution in [0, 0.1) is 0 Å². The summed E-state index contributed by atoms with van der Waals surface area (Å²) < 4.78 is 11.4. The lowest BCUT2D eigenvalue weighted by molar-refractivity contribution is 0.157. The van der Waals surface area contributed by atoms with Gasteiger partial charge < -0.3 is 25.2 Å². The number of hydrogen-bond donors (Lipinski definition) is 2. The Morgan fingerprint density at radius 3 is 2.60 bits per heavy atom. The first-order valence-corrected chi connectivity index (χ1v) is 7.87. The number of hydrogen-bond acceptors (Lipinski definition) is 4. The lowest BCUT2D eigenvalue weighted by Gasteiger charge is -2.24. The average molecular weight is 299 g/mol. The van der Waals surface area contributed by atoms with Gasteiger partial charge in [0, 0.05) is 44.1 Å². The molecule has 0 saturated carbocycles. The Balaban J connectivity index is 2.81. The van der Waals surface area contributed by atoms with E-state index in [-0.39, 0.29) is 0 Å². The van der Waals surface area contributed by atoms with Gasteiger partial charge in [-0.1, -0.05) is 11.2 Å². The Bertz CT molecular complexity index is 468. The van der Waals surface area contributed by atoms with Crippen molar-refractivity contribution in [2.24, 2.45) is 0 Å². The second-order valence-corrected chi connectivity index (χ2v) is 6.17. The molecule has 1 amide bonds. The van der Waals surface area contributed by atoms with E-state index in [2.05, 4.69) is 0 Å². The van der Waals surface area contributed by atoms with Crippen molar-refractivity contribution in [3.05, 3.63) is 23.8 Å². The van der Waals surface area contributed by atoms with E-state index in [9.17, 15) is 9.35 Å². The molecule has 7 heteroatoms. The monoisotopic (exact) mass is 299 g/mol. The van der Waals surface area contributed by atoms with E-state index < -0.39 is 17.3 Å². The van der Waals surface area contributed by atoms with Gasteiger partial charge in [-0.05, 0) is 18.2 Å². The molecule has 20 heavy (non-hydrogen) atoms. The summed E-state index contributed by atoms with van der Waals surface area (Å²) >= 11 is -0.958. The number of rotatable bonds is 6. The Labute approximate surface area is 122 Å². The van der Waals surface area contributed by atoms with Crippen molar-refractivity contribution in [2.75, 3.05) is 44.1 Å². The molecule has 0 heterocycles. The molecular formula is C13H21N3O3S. The fourth-order valence-electron chi connectivity index (χ4n) is 1.83. The van der Waals surface area contributed by atoms with Gasteiger partial charge in [-0.3, -0.25) is 0 Å². The van der Waals surface area contributed by atoms with E-state index in [4.69, 9.17) is 10.8 Å². The maximum atomic E-state index is 11.4. The van der Waals surface area contributed by atoms with Crippen LogP contribution in [0.15, 0.2) is 18.2 Å². The highest BCUT2D eigenvalue weighted by Gasteiger charge is 2.13. The van der Waals surface area contributed by atoms with Crippen LogP contribution in [-0.4, -0.2) is 54.1 Å². The van der Waals surface area contributed by atoms with Crippen LogP contribution in [0.5, 0.6) is 0 Å². The van der Waals surface area contributed by atoms with E-state index in [0.717, 1.165) is 11.3 Å². The van der Waals surface area contributed by atoms with Crippen LogP contribution < -0.4 is 10.6 Å². The fraction of sp³-hybridized carbons (Fsp3) is 0.462. The summed E-state index contributed by atoms with van der Waals surface area (Å²) in [5.41, 5.74) is 8.22. The molecule has 0 spiro atoms. The van der Waals surface area contributed by atoms with E-state index in [1.807, 2.05) is 24.1 Å². The zero-order valence-corrected chi connectivity index (χ0v) is 12.8. The molecule has 0 aliphatic rings. The van der Waals surface area contributed by atoms with Crippen LogP contribution in [-0.2, 0) is 16.9 Å². The molecule has 6 nitrogen and oxygen atoms in total. The molecule has 1 aromatic carbocycles. The van der Waals surface area contributed by atoms with Gasteiger partial charge in [0.15, 0.2) is 0 Å². The van der Waals surface area contributed by atoms with Crippen LogP contribution in [0.4, 0.5) is 16.2 Å². The van der Waals surface area contributed by atoms with Gasteiger partial charge in [-0.2, -0.15) is 0 Å². The summed E-state index contributed by atoms with van der Waals surface area (Å²) in [4.78, 5) is 13.9. The summed E-state index contributed by atoms with van der Waals surface area (Å²) in [6.45, 7) is 0.945. The van der Waals surface area contributed by atoms with Crippen LogP contribution in [0.3, 0.4) is 0 Å². The van der Waals surface area contributed by atoms with Gasteiger partial charge in [0.2, 0.25) is 0 Å². The van der Waals surface area contributed by atoms with Gasteiger partial charge in [-0.25, -0.2) is 4.79 Å². The Hall–Kier alpha value is -1.60. The fourth-order valence-corrected chi connectivity index (χ4v) is 2.50. The van der Waals surface area contributed by atoms with Crippen LogP contribution in [0.25, 0.3) is 0 Å². The predicted molar refractivity (Wildman–Crippen MR) is 82.5 cm³/mol. The summed E-state index contributed by atoms with van der Waals surface area (Å²) in [7, 11) is 3.41. The minimum atomic E-state index is -0.958. The standard InChI is InChI=1S/C13H21N3O3S/c1-15(6-7-16(2)13(17)18)12-5-4-11(14)8-10(12)9-20(3)19/h4-5,8H,6-7,9,14H2,1-3H3,(H,17,18). The topological polar surface area (TPSA) is 92.9 Å². The van der Waals surface area contributed by atoms with Gasteiger partial charge in [-0.15, -0.1) is 0 Å². The lowest BCUT2D eigenvalue weighted by Crippen LogP contribution is -2.34. The molecular weight excluding hydrogens is 278 g/mol. The molecule has 112 valence electrons. The van der Waals surface area contributed by atoms with Crippen LogP contribution in [0.1, 0.15) is 5.56 Å². The van der Waals surface area contributed by atoms with Crippen LogP contribution in [0.2, 0.25) is 0 Å². The van der Waals surface area contributed by atoms with Crippen LogP contribution >= 0.6 is 0 Å². The second-order valence-electron chi connectivity index (χ2n) is 4.73. The maximum Gasteiger partial charge on any atom is 0.407 e. The highest BCUT2D eigenvalue weighted by Crippen LogP contribution is 2.24. The molecule has 0 saturated heterocycles. The van der Waals surface area contributed by atoms with E-state index in [1.165, 1.54) is 11.9 Å². The summed E-state index contributed by atoms with van der Waals surface area (Å²) in [6.07, 6.45) is 0.691. The molecule has 1 aromatic rings. The van der Waals surface area contributed by atoms with E-state index in [0.29, 0.717) is 24.5 Å². The number of nitrogens with zero attached hydrogens (tertiary/aromatic N) is 2. The first-order chi connectivity index (χ1) is 9.31. The van der Waals surface area contributed by atoms with Crippen molar-refractivity contribution in [1.29, 1.82) is 0 Å². The molecule has 1 rings (SSSR count). The summed E-state index contributed by atoms with van der Waals surface area (Å²) in [6, 6.07) is 5.47. The Morgan fingerprint density at radius 1 is 1.40 bits per heavy atom. The van der Waals surface area contributed by atoms with E-state index >= 15 is 0 Å². The first kappa shape index (κ1) is 16.5. The third kappa shape index (κ3) is 4.82. The molecule has 1 atom stereocenters. The van der Waals surface area contributed by atoms with Gasteiger partial charge in [0.1, 0.15) is 5.75 Å². The number of nitrogen functional groups attached to an aromatic ring is 1. The average Bonchev–Trinajstić information content (AvgIpc) is 2.34. The minimum absolute atomic E-state index is 0.394. The number of benzene rings is 1. The van der Waals surface area contributed by atoms with Crippen molar-refractivity contribution in [3.8, 4) is 0 Å². The number of carbonyl (C=O) groups is 1. The number of carboxylic acid groups (broad SMARTS) is 1. The number of anilines is 2. The smallest absolute Gasteiger partial charge is 0.407 e. The molecule has 0 bridgehead atoms. The number of likely N-dealkylation sites (N-methyl/N-ethyl adjacent to an activating group) is 2. The number of amides is 1. The highest BCUT2D eigenvalue weighted by molar-refractivity contribution is 7.89. The van der Waals surface area contributed by atoms with Crippen molar-refractivity contribution in [2.45, 2.75) is 5.75 Å². The highest BCUT2D eigenvalue weighted by atomic mass is 32.2. The zero-order valence-electron chi connectivity index (χ0n) is 12.0. The predicted octanol–water partition coefficient (Wildman–Crippen LogP) is 1.19. The van der Waals surface area contributed by atoms with E-state index in [1.54, 1.807) is 12.3 Å². The third-order valence-electron chi connectivity index (χ3n) is 2.97. The van der Waals surface area contributed by atoms with Crippen molar-refractivity contribution in [3.63, 3.8) is 0 Å². The molecule has 0 aliphatic heterocycles. The third-order valence-corrected chi connectivity index (χ3v) is 3.69. The SMILES string of the molecule is CN(CCN(C)c1ccc(N)cc1C[S+](C)[O-])C(=O)O. The molecule has 0 fully saturated rings. The van der Waals surface area contributed by atoms with Crippen molar-refractivity contribution < 1.29 is 14.5 Å².